The Morgan fingerprint density at radius 1 is 0.893 bits per heavy atom. The van der Waals surface area contributed by atoms with Crippen molar-refractivity contribution >= 4 is 39.8 Å². The van der Waals surface area contributed by atoms with Crippen LogP contribution in [0.25, 0.3) is 0 Å². The molecule has 162 valence electrons. The second-order valence-electron chi connectivity index (χ2n) is 7.21. The molecule has 0 fully saturated rings. The van der Waals surface area contributed by atoms with E-state index in [1.165, 1.54) is 51.2 Å². The van der Waals surface area contributed by atoms with Crippen LogP contribution in [0.5, 0.6) is 0 Å². The molecular formula is C21H38IN3O2S. The number of aliphatic imine (C=N–C) groups is 1. The van der Waals surface area contributed by atoms with Crippen LogP contribution in [0.3, 0.4) is 0 Å². The van der Waals surface area contributed by atoms with Crippen molar-refractivity contribution in [3.05, 3.63) is 35.4 Å². The number of hydrogen-bond donors (Lipinski definition) is 2. The smallest absolute Gasteiger partial charge is 0.191 e. The SMILES string of the molecule is CCCCCCCCCCNC(=NC)NCc1ccc(CS(C)(=O)=O)cc1.I. The monoisotopic (exact) mass is 523 g/mol. The lowest BCUT2D eigenvalue weighted by atomic mass is 10.1. The van der Waals surface area contributed by atoms with Gasteiger partial charge in [0.2, 0.25) is 0 Å². The average Bonchev–Trinajstić information content (AvgIpc) is 2.63. The van der Waals surface area contributed by atoms with Crippen molar-refractivity contribution < 1.29 is 8.42 Å². The van der Waals surface area contributed by atoms with Crippen molar-refractivity contribution in [1.82, 2.24) is 10.6 Å². The molecule has 0 saturated heterocycles. The number of guanidine groups is 1. The van der Waals surface area contributed by atoms with E-state index in [0.29, 0.717) is 6.54 Å². The molecule has 7 heteroatoms. The first kappa shape index (κ1) is 27.2. The highest BCUT2D eigenvalue weighted by molar-refractivity contribution is 14.0. The first-order valence-corrected chi connectivity index (χ1v) is 12.2. The molecule has 5 nitrogen and oxygen atoms in total. The summed E-state index contributed by atoms with van der Waals surface area (Å²) in [6.07, 6.45) is 11.8. The Morgan fingerprint density at radius 3 is 1.96 bits per heavy atom. The summed E-state index contributed by atoms with van der Waals surface area (Å²) in [7, 11) is -1.21. The number of halogens is 1. The molecule has 1 aromatic rings. The van der Waals surface area contributed by atoms with E-state index in [9.17, 15) is 8.42 Å². The highest BCUT2D eigenvalue weighted by atomic mass is 127. The summed E-state index contributed by atoms with van der Waals surface area (Å²) < 4.78 is 22.7. The molecule has 0 saturated carbocycles. The van der Waals surface area contributed by atoms with Gasteiger partial charge in [-0.3, -0.25) is 4.99 Å². The molecule has 1 rings (SSSR count). The number of hydrogen-bond acceptors (Lipinski definition) is 3. The maximum atomic E-state index is 11.3. The second-order valence-corrected chi connectivity index (χ2v) is 9.35. The van der Waals surface area contributed by atoms with Gasteiger partial charge in [-0.2, -0.15) is 0 Å². The van der Waals surface area contributed by atoms with Gasteiger partial charge in [0.05, 0.1) is 5.75 Å². The maximum absolute atomic E-state index is 11.3. The Hall–Kier alpha value is -0.830. The van der Waals surface area contributed by atoms with Crippen molar-refractivity contribution in [3.63, 3.8) is 0 Å². The molecule has 1 aromatic carbocycles. The van der Waals surface area contributed by atoms with Crippen LogP contribution >= 0.6 is 24.0 Å². The van der Waals surface area contributed by atoms with E-state index in [1.807, 2.05) is 24.3 Å². The van der Waals surface area contributed by atoms with Crippen LogP contribution in [0.4, 0.5) is 0 Å². The van der Waals surface area contributed by atoms with Gasteiger partial charge in [-0.25, -0.2) is 8.42 Å². The quantitative estimate of drug-likeness (QED) is 0.171. The van der Waals surface area contributed by atoms with E-state index >= 15 is 0 Å². The minimum atomic E-state index is -2.99. The number of nitrogens with one attached hydrogen (secondary N) is 2. The molecule has 28 heavy (non-hydrogen) atoms. The lowest BCUT2D eigenvalue weighted by Gasteiger charge is -2.12. The van der Waals surface area contributed by atoms with Gasteiger partial charge in [-0.05, 0) is 17.5 Å². The summed E-state index contributed by atoms with van der Waals surface area (Å²) in [6, 6.07) is 7.65. The largest absolute Gasteiger partial charge is 0.356 e. The highest BCUT2D eigenvalue weighted by Gasteiger charge is 2.04. The van der Waals surface area contributed by atoms with Gasteiger partial charge in [0.1, 0.15) is 0 Å². The van der Waals surface area contributed by atoms with E-state index in [0.717, 1.165) is 30.1 Å². The average molecular weight is 524 g/mol. The van der Waals surface area contributed by atoms with E-state index < -0.39 is 9.84 Å². The van der Waals surface area contributed by atoms with Crippen molar-refractivity contribution in [2.45, 2.75) is 70.6 Å². The van der Waals surface area contributed by atoms with Gasteiger partial charge in [-0.1, -0.05) is 76.1 Å². The van der Waals surface area contributed by atoms with E-state index in [2.05, 4.69) is 22.5 Å². The van der Waals surface area contributed by atoms with Gasteiger partial charge >= 0.3 is 0 Å². The van der Waals surface area contributed by atoms with Crippen LogP contribution in [0.1, 0.15) is 69.4 Å². The fraction of sp³-hybridized carbons (Fsp3) is 0.667. The van der Waals surface area contributed by atoms with Crippen LogP contribution in [-0.2, 0) is 22.1 Å². The summed E-state index contributed by atoms with van der Waals surface area (Å²) in [5, 5.41) is 6.65. The fourth-order valence-corrected chi connectivity index (χ4v) is 3.73. The molecule has 0 amide bonds. The van der Waals surface area contributed by atoms with Crippen LogP contribution in [-0.4, -0.2) is 34.2 Å². The maximum Gasteiger partial charge on any atom is 0.191 e. The summed E-state index contributed by atoms with van der Waals surface area (Å²) in [4.78, 5) is 4.25. The van der Waals surface area contributed by atoms with E-state index in [-0.39, 0.29) is 29.7 Å². The summed E-state index contributed by atoms with van der Waals surface area (Å²) in [5.41, 5.74) is 1.92. The van der Waals surface area contributed by atoms with Gasteiger partial charge in [0.15, 0.2) is 15.8 Å². The molecular weight excluding hydrogens is 485 g/mol. The molecule has 0 aliphatic rings. The Kier molecular flexibility index (Phi) is 15.5. The van der Waals surface area contributed by atoms with Crippen LogP contribution in [0.2, 0.25) is 0 Å². The van der Waals surface area contributed by atoms with Gasteiger partial charge in [-0.15, -0.1) is 24.0 Å². The van der Waals surface area contributed by atoms with Gasteiger partial charge < -0.3 is 10.6 Å². The third-order valence-electron chi connectivity index (χ3n) is 4.46. The normalized spacial score (nSPS) is 11.8. The minimum absolute atomic E-state index is 0. The Balaban J connectivity index is 0.00000729. The Morgan fingerprint density at radius 2 is 1.43 bits per heavy atom. The zero-order valence-electron chi connectivity index (χ0n) is 17.7. The van der Waals surface area contributed by atoms with Crippen LogP contribution in [0.15, 0.2) is 29.3 Å². The molecule has 0 heterocycles. The van der Waals surface area contributed by atoms with E-state index in [4.69, 9.17) is 0 Å². The number of sulfone groups is 1. The summed E-state index contributed by atoms with van der Waals surface area (Å²) >= 11 is 0. The molecule has 0 radical (unpaired) electrons. The molecule has 0 unspecified atom stereocenters. The highest BCUT2D eigenvalue weighted by Crippen LogP contribution is 2.09. The second kappa shape index (κ2) is 16.0. The predicted octanol–water partition coefficient (Wildman–Crippen LogP) is 4.65. The number of benzene rings is 1. The zero-order chi connectivity index (χ0) is 20.0. The number of unbranched alkanes of at least 4 members (excludes halogenated alkanes) is 7. The van der Waals surface area contributed by atoms with Gasteiger partial charge in [0, 0.05) is 26.4 Å². The predicted molar refractivity (Wildman–Crippen MR) is 131 cm³/mol. The van der Waals surface area contributed by atoms with Crippen molar-refractivity contribution in [3.8, 4) is 0 Å². The van der Waals surface area contributed by atoms with Crippen molar-refractivity contribution in [2.24, 2.45) is 4.99 Å². The van der Waals surface area contributed by atoms with Crippen LogP contribution < -0.4 is 10.6 Å². The third-order valence-corrected chi connectivity index (χ3v) is 5.32. The first-order valence-electron chi connectivity index (χ1n) is 10.1. The lowest BCUT2D eigenvalue weighted by molar-refractivity contribution is 0.571. The summed E-state index contributed by atoms with van der Waals surface area (Å²) in [5.74, 6) is 0.890. The molecule has 2 N–H and O–H groups in total. The molecule has 0 aromatic heterocycles. The van der Waals surface area contributed by atoms with Crippen molar-refractivity contribution in [2.75, 3.05) is 19.8 Å². The van der Waals surface area contributed by atoms with Crippen molar-refractivity contribution in [1.29, 1.82) is 0 Å². The fourth-order valence-electron chi connectivity index (χ4n) is 2.93. The van der Waals surface area contributed by atoms with Crippen LogP contribution in [0, 0.1) is 0 Å². The minimum Gasteiger partial charge on any atom is -0.356 e. The van der Waals surface area contributed by atoms with E-state index in [1.54, 1.807) is 7.05 Å². The first-order chi connectivity index (χ1) is 12.9. The number of nitrogens with zero attached hydrogens (tertiary/aromatic N) is 1. The molecule has 0 spiro atoms. The lowest BCUT2D eigenvalue weighted by Crippen LogP contribution is -2.37. The van der Waals surface area contributed by atoms with Gasteiger partial charge in [0.25, 0.3) is 0 Å². The third kappa shape index (κ3) is 14.2. The molecule has 0 aliphatic carbocycles. The molecule has 0 atom stereocenters. The zero-order valence-corrected chi connectivity index (χ0v) is 20.8. The topological polar surface area (TPSA) is 70.6 Å². The molecule has 0 bridgehead atoms. The standard InChI is InChI=1S/C21H37N3O2S.HI/c1-4-5-6-7-8-9-10-11-16-23-21(22-2)24-17-19-12-14-20(15-13-19)18-27(3,25)26;/h12-15H,4-11,16-18H2,1-3H3,(H2,22,23,24);1H. The Bertz CT molecular complexity index is 646. The molecule has 0 aliphatic heterocycles. The Labute approximate surface area is 189 Å². The summed E-state index contributed by atoms with van der Waals surface area (Å²) in [6.45, 7) is 3.85. The number of rotatable bonds is 13.